The molecule has 8 heteroatoms. The van der Waals surface area contributed by atoms with Crippen molar-refractivity contribution < 1.29 is 24.2 Å². The minimum Gasteiger partial charge on any atom is -0.497 e. The average molecular weight is 516 g/mol. The van der Waals surface area contributed by atoms with Crippen molar-refractivity contribution in [3.05, 3.63) is 83.4 Å². The van der Waals surface area contributed by atoms with Crippen LogP contribution in [0.4, 0.5) is 17.1 Å². The number of nitrogens with one attached hydrogen (secondary N) is 1. The molecule has 0 bridgehead atoms. The number of amides is 1. The molecule has 198 valence electrons. The molecule has 1 saturated heterocycles. The zero-order valence-electron chi connectivity index (χ0n) is 21.9. The summed E-state index contributed by atoms with van der Waals surface area (Å²) in [4.78, 5) is 27.0. The molecular weight excluding hydrogens is 482 g/mol. The Morgan fingerprint density at radius 3 is 2.37 bits per heavy atom. The van der Waals surface area contributed by atoms with Crippen LogP contribution in [-0.4, -0.2) is 44.3 Å². The van der Waals surface area contributed by atoms with Crippen LogP contribution < -0.4 is 24.8 Å². The first-order valence-corrected chi connectivity index (χ1v) is 12.6. The van der Waals surface area contributed by atoms with E-state index in [4.69, 9.17) is 9.47 Å². The maximum Gasteiger partial charge on any atom is 0.339 e. The highest BCUT2D eigenvalue weighted by Crippen LogP contribution is 2.38. The van der Waals surface area contributed by atoms with Gasteiger partial charge in [-0.25, -0.2) is 4.79 Å². The predicted molar refractivity (Wildman–Crippen MR) is 150 cm³/mol. The number of para-hydroxylation sites is 1. The van der Waals surface area contributed by atoms with Crippen molar-refractivity contribution in [1.82, 2.24) is 5.43 Å². The van der Waals surface area contributed by atoms with Gasteiger partial charge in [-0.15, -0.1) is 0 Å². The normalized spacial score (nSPS) is 13.3. The fourth-order valence-electron chi connectivity index (χ4n) is 4.61. The maximum absolute atomic E-state index is 13.2. The summed E-state index contributed by atoms with van der Waals surface area (Å²) >= 11 is 0. The second-order valence-corrected chi connectivity index (χ2v) is 9.10. The number of nitrogens with zero attached hydrogens (tertiary/aromatic N) is 2. The van der Waals surface area contributed by atoms with Gasteiger partial charge in [0.1, 0.15) is 17.1 Å². The van der Waals surface area contributed by atoms with Gasteiger partial charge >= 0.3 is 5.97 Å². The molecule has 0 saturated carbocycles. The molecule has 8 nitrogen and oxygen atoms in total. The topological polar surface area (TPSA) is 91.3 Å². The van der Waals surface area contributed by atoms with E-state index in [9.17, 15) is 14.7 Å². The fourth-order valence-corrected chi connectivity index (χ4v) is 4.61. The van der Waals surface area contributed by atoms with Gasteiger partial charge in [-0.05, 0) is 85.9 Å². The number of hydrazine groups is 1. The minimum absolute atomic E-state index is 0.0598. The average Bonchev–Trinajstić information content (AvgIpc) is 2.95. The summed E-state index contributed by atoms with van der Waals surface area (Å²) in [6.07, 6.45) is 6.54. The molecule has 0 aliphatic carbocycles. The molecule has 1 aliphatic heterocycles. The summed E-state index contributed by atoms with van der Waals surface area (Å²) in [5.41, 5.74) is 7.55. The Balaban J connectivity index is 1.67. The Morgan fingerprint density at radius 2 is 1.71 bits per heavy atom. The number of rotatable bonds is 9. The second kappa shape index (κ2) is 12.2. The zero-order valence-corrected chi connectivity index (χ0v) is 21.9. The first-order chi connectivity index (χ1) is 18.4. The maximum atomic E-state index is 13.2. The van der Waals surface area contributed by atoms with Crippen LogP contribution in [0, 0.1) is 6.92 Å². The van der Waals surface area contributed by atoms with Crippen LogP contribution in [0.2, 0.25) is 0 Å². The van der Waals surface area contributed by atoms with Crippen LogP contribution >= 0.6 is 0 Å². The lowest BCUT2D eigenvalue weighted by molar-refractivity contribution is -0.116. The number of hydrogen-bond donors (Lipinski definition) is 2. The number of carboxylic acids is 1. The van der Waals surface area contributed by atoms with Gasteiger partial charge in [0.05, 0.1) is 31.3 Å². The highest BCUT2D eigenvalue weighted by molar-refractivity contribution is 5.96. The van der Waals surface area contributed by atoms with Gasteiger partial charge in [-0.1, -0.05) is 18.2 Å². The lowest BCUT2D eigenvalue weighted by Crippen LogP contribution is -2.40. The number of piperidine rings is 1. The minimum atomic E-state index is -1.08. The van der Waals surface area contributed by atoms with Crippen molar-refractivity contribution in [1.29, 1.82) is 0 Å². The Labute approximate surface area is 223 Å². The van der Waals surface area contributed by atoms with Crippen LogP contribution in [-0.2, 0) is 4.79 Å². The molecule has 1 heterocycles. The third kappa shape index (κ3) is 6.08. The van der Waals surface area contributed by atoms with E-state index in [0.717, 1.165) is 54.3 Å². The number of aromatic carboxylic acids is 1. The Hall–Kier alpha value is -4.46. The molecule has 1 fully saturated rings. The molecule has 1 amide bonds. The van der Waals surface area contributed by atoms with Gasteiger partial charge in [0.2, 0.25) is 0 Å². The number of carbonyl (C=O) groups is 2. The summed E-state index contributed by atoms with van der Waals surface area (Å²) in [7, 11) is 3.03. The van der Waals surface area contributed by atoms with E-state index in [2.05, 4.69) is 16.4 Å². The smallest absolute Gasteiger partial charge is 0.339 e. The number of anilines is 3. The van der Waals surface area contributed by atoms with Gasteiger partial charge in [0.25, 0.3) is 5.91 Å². The lowest BCUT2D eigenvalue weighted by atomic mass is 10.1. The first kappa shape index (κ1) is 26.6. The highest BCUT2D eigenvalue weighted by Gasteiger charge is 2.22. The SMILES string of the molecule is COc1ccc(N(NC(=O)C=Cc2ccc(C(=O)O)c(OC)c2)c2c(C)cccc2N2CCCCC2)cc1. The monoisotopic (exact) mass is 515 g/mol. The van der Waals surface area contributed by atoms with Crippen LogP contribution in [0.15, 0.2) is 66.7 Å². The summed E-state index contributed by atoms with van der Waals surface area (Å²) in [5, 5.41) is 11.1. The lowest BCUT2D eigenvalue weighted by Gasteiger charge is -2.35. The molecule has 4 rings (SSSR count). The second-order valence-electron chi connectivity index (χ2n) is 9.10. The van der Waals surface area contributed by atoms with Crippen molar-refractivity contribution in [2.24, 2.45) is 0 Å². The van der Waals surface area contributed by atoms with E-state index >= 15 is 0 Å². The molecule has 0 aromatic heterocycles. The van der Waals surface area contributed by atoms with E-state index in [1.807, 2.05) is 48.3 Å². The standard InChI is InChI=1S/C30H33N3O5/c1-21-8-7-9-26(32-18-5-4-6-19-32)29(21)33(23-12-14-24(37-2)15-13-23)31-28(34)17-11-22-10-16-25(30(35)36)27(20-22)38-3/h7-17,20H,4-6,18-19H2,1-3H3,(H,31,34)(H,35,36). The fraction of sp³-hybridized carbons (Fsp3) is 0.267. The number of aryl methyl sites for hydroxylation is 1. The number of benzene rings is 3. The molecule has 3 aromatic rings. The van der Waals surface area contributed by atoms with Gasteiger partial charge < -0.3 is 19.5 Å². The van der Waals surface area contributed by atoms with Crippen molar-refractivity contribution in [2.75, 3.05) is 37.2 Å². The van der Waals surface area contributed by atoms with Crippen LogP contribution in [0.5, 0.6) is 11.5 Å². The Bertz CT molecular complexity index is 1310. The van der Waals surface area contributed by atoms with Crippen LogP contribution in [0.3, 0.4) is 0 Å². The summed E-state index contributed by atoms with van der Waals surface area (Å²) in [6, 6.07) is 18.4. The van der Waals surface area contributed by atoms with Crippen molar-refractivity contribution in [3.63, 3.8) is 0 Å². The summed E-state index contributed by atoms with van der Waals surface area (Å²) < 4.78 is 10.5. The van der Waals surface area contributed by atoms with E-state index in [-0.39, 0.29) is 17.2 Å². The largest absolute Gasteiger partial charge is 0.497 e. The third-order valence-electron chi connectivity index (χ3n) is 6.57. The van der Waals surface area contributed by atoms with Gasteiger partial charge in [0.15, 0.2) is 0 Å². The van der Waals surface area contributed by atoms with Gasteiger partial charge in [-0.3, -0.25) is 15.2 Å². The Morgan fingerprint density at radius 1 is 0.974 bits per heavy atom. The van der Waals surface area contributed by atoms with E-state index < -0.39 is 5.97 Å². The number of carbonyl (C=O) groups excluding carboxylic acids is 1. The van der Waals surface area contributed by atoms with Crippen LogP contribution in [0.25, 0.3) is 6.08 Å². The van der Waals surface area contributed by atoms with Crippen LogP contribution in [0.1, 0.15) is 40.7 Å². The van der Waals surface area contributed by atoms with E-state index in [0.29, 0.717) is 5.56 Å². The molecular formula is C30H33N3O5. The number of methoxy groups -OCH3 is 2. The van der Waals surface area contributed by atoms with Crippen molar-refractivity contribution >= 4 is 35.0 Å². The van der Waals surface area contributed by atoms with Crippen molar-refractivity contribution in [3.8, 4) is 11.5 Å². The molecule has 2 N–H and O–H groups in total. The molecule has 3 aromatic carbocycles. The molecule has 38 heavy (non-hydrogen) atoms. The summed E-state index contributed by atoms with van der Waals surface area (Å²) in [6.45, 7) is 3.97. The first-order valence-electron chi connectivity index (χ1n) is 12.6. The number of hydrogen-bond acceptors (Lipinski definition) is 6. The quantitative estimate of drug-likeness (QED) is 0.284. The molecule has 0 spiro atoms. The van der Waals surface area contributed by atoms with Gasteiger partial charge in [0, 0.05) is 19.2 Å². The zero-order chi connectivity index (χ0) is 27.1. The summed E-state index contributed by atoms with van der Waals surface area (Å²) in [5.74, 6) is -0.464. The third-order valence-corrected chi connectivity index (χ3v) is 6.57. The Kier molecular flexibility index (Phi) is 8.53. The predicted octanol–water partition coefficient (Wildman–Crippen LogP) is 5.58. The van der Waals surface area contributed by atoms with E-state index in [1.165, 1.54) is 25.7 Å². The van der Waals surface area contributed by atoms with Crippen molar-refractivity contribution in [2.45, 2.75) is 26.2 Å². The highest BCUT2D eigenvalue weighted by atomic mass is 16.5. The van der Waals surface area contributed by atoms with E-state index in [1.54, 1.807) is 25.3 Å². The molecule has 0 unspecified atom stereocenters. The molecule has 1 aliphatic rings. The number of ether oxygens (including phenoxy) is 2. The molecule has 0 radical (unpaired) electrons. The van der Waals surface area contributed by atoms with Gasteiger partial charge in [-0.2, -0.15) is 0 Å². The molecule has 0 atom stereocenters. The number of carboxylic acid groups (broad SMARTS) is 1.